The third-order valence-electron chi connectivity index (χ3n) is 8.78. The van der Waals surface area contributed by atoms with Crippen LogP contribution in [0.3, 0.4) is 0 Å². The maximum Gasteiger partial charge on any atom is 0.418 e. The Morgan fingerprint density at radius 2 is 2.02 bits per heavy atom. The number of amides is 1. The molecule has 0 radical (unpaired) electrons. The molecule has 0 bridgehead atoms. The highest BCUT2D eigenvalue weighted by Crippen LogP contribution is 2.43. The van der Waals surface area contributed by atoms with Crippen molar-refractivity contribution >= 4 is 34.4 Å². The fourth-order valence-electron chi connectivity index (χ4n) is 6.75. The van der Waals surface area contributed by atoms with Gasteiger partial charge in [-0.3, -0.25) is 9.88 Å². The van der Waals surface area contributed by atoms with Gasteiger partial charge >= 0.3 is 18.3 Å². The van der Waals surface area contributed by atoms with Crippen LogP contribution in [-0.4, -0.2) is 93.0 Å². The van der Waals surface area contributed by atoms with Crippen LogP contribution in [-0.2, 0) is 6.18 Å². The molecule has 6 rings (SSSR count). The Balaban J connectivity index is 1.46. The van der Waals surface area contributed by atoms with Gasteiger partial charge in [0.1, 0.15) is 29.8 Å². The van der Waals surface area contributed by atoms with Gasteiger partial charge in [0, 0.05) is 44.4 Å². The summed E-state index contributed by atoms with van der Waals surface area (Å²) in [5, 5.41) is 18.4. The van der Waals surface area contributed by atoms with Gasteiger partial charge in [-0.15, -0.1) is 0 Å². The second kappa shape index (κ2) is 11.7. The summed E-state index contributed by atoms with van der Waals surface area (Å²) in [6.45, 7) is 1.11. The van der Waals surface area contributed by atoms with E-state index >= 15 is 4.39 Å². The minimum Gasteiger partial charge on any atom is -0.465 e. The molecule has 0 aliphatic carbocycles. The zero-order valence-electron chi connectivity index (χ0n) is 23.7. The van der Waals surface area contributed by atoms with Crippen molar-refractivity contribution in [3.05, 3.63) is 40.8 Å². The average molecular weight is 652 g/mol. The van der Waals surface area contributed by atoms with Gasteiger partial charge in [-0.25, -0.2) is 13.6 Å². The number of benzene rings is 1. The zero-order valence-corrected chi connectivity index (χ0v) is 24.5. The van der Waals surface area contributed by atoms with E-state index in [1.807, 2.05) is 11.0 Å². The molecule has 1 amide bonds. The second-order valence-corrected chi connectivity index (χ2v) is 11.9. The van der Waals surface area contributed by atoms with Crippen molar-refractivity contribution in [2.45, 2.75) is 49.6 Å². The number of rotatable bonds is 6. The Hall–Kier alpha value is -4.03. The number of fused-ring (bicyclic) bond motifs is 2. The Bertz CT molecular complexity index is 1690. The number of hydrogen-bond donors (Lipinski definition) is 1. The predicted octanol–water partition coefficient (Wildman–Crippen LogP) is 5.54. The average Bonchev–Trinajstić information content (AvgIpc) is 3.51. The van der Waals surface area contributed by atoms with E-state index in [2.05, 4.69) is 15.0 Å². The maximum absolute atomic E-state index is 16.3. The Kier molecular flexibility index (Phi) is 8.07. The summed E-state index contributed by atoms with van der Waals surface area (Å²) in [7, 11) is 0. The standard InChI is InChI=1S/C29H27ClF5N7O3/c30-20-4-1-3-18(21(20)29(33,34)35)23-22(32)24-19(12-37-23)25(40-9-10-42(27(43)44)17(14-40)5-7-36)39-26(38-24)45-15-28-6-2-8-41(28)13-16(31)11-28/h1,3-4,12,16-17H,2,5-6,8-11,13-15H2,(H,43,44)/t16-,17+,28+/m1/s1. The summed E-state index contributed by atoms with van der Waals surface area (Å²) >= 11 is 5.90. The third-order valence-corrected chi connectivity index (χ3v) is 9.10. The van der Waals surface area contributed by atoms with Crippen molar-refractivity contribution in [2.24, 2.45) is 0 Å². The van der Waals surface area contributed by atoms with E-state index in [0.29, 0.717) is 13.0 Å². The number of nitrogens with zero attached hydrogens (tertiary/aromatic N) is 7. The molecule has 1 N–H and O–H groups in total. The van der Waals surface area contributed by atoms with Gasteiger partial charge in [0.25, 0.3) is 0 Å². The van der Waals surface area contributed by atoms with Gasteiger partial charge in [-0.2, -0.15) is 28.4 Å². The number of halogens is 6. The normalized spacial score (nSPS) is 23.8. The molecule has 45 heavy (non-hydrogen) atoms. The van der Waals surface area contributed by atoms with E-state index in [4.69, 9.17) is 16.3 Å². The summed E-state index contributed by atoms with van der Waals surface area (Å²) in [5.41, 5.74) is -3.44. The van der Waals surface area contributed by atoms with Gasteiger partial charge in [-0.05, 0) is 25.5 Å². The number of alkyl halides is 4. The van der Waals surface area contributed by atoms with E-state index in [9.17, 15) is 32.7 Å². The minimum absolute atomic E-state index is 0.00474. The van der Waals surface area contributed by atoms with Crippen LogP contribution in [0.25, 0.3) is 22.2 Å². The molecule has 3 saturated heterocycles. The summed E-state index contributed by atoms with van der Waals surface area (Å²) in [6.07, 6.45) is -4.34. The number of carboxylic acid groups (broad SMARTS) is 1. The number of aromatic nitrogens is 3. The van der Waals surface area contributed by atoms with Crippen LogP contribution in [0, 0.1) is 17.1 Å². The molecule has 10 nitrogen and oxygen atoms in total. The van der Waals surface area contributed by atoms with Crippen molar-refractivity contribution in [2.75, 3.05) is 44.2 Å². The lowest BCUT2D eigenvalue weighted by Gasteiger charge is -2.40. The molecule has 2 aromatic heterocycles. The molecule has 5 heterocycles. The fourth-order valence-corrected chi connectivity index (χ4v) is 7.03. The summed E-state index contributed by atoms with van der Waals surface area (Å²) in [5.74, 6) is -1.06. The SMILES string of the molecule is N#CC[C@H]1CN(c2nc(OC[C@@]34CCCN3C[C@H](F)C4)nc3c(F)c(-c4cccc(Cl)c4C(F)(F)F)ncc23)CCN1C(=O)O. The van der Waals surface area contributed by atoms with Crippen LogP contribution in [0.5, 0.6) is 6.01 Å². The van der Waals surface area contributed by atoms with E-state index in [-0.39, 0.29) is 68.4 Å². The molecule has 0 saturated carbocycles. The largest absolute Gasteiger partial charge is 0.465 e. The number of nitriles is 1. The minimum atomic E-state index is -4.91. The number of anilines is 1. The van der Waals surface area contributed by atoms with Crippen molar-refractivity contribution < 1.29 is 36.6 Å². The van der Waals surface area contributed by atoms with Gasteiger partial charge in [-0.1, -0.05) is 23.7 Å². The summed E-state index contributed by atoms with van der Waals surface area (Å²) in [4.78, 5) is 29.4. The van der Waals surface area contributed by atoms with Gasteiger partial charge < -0.3 is 19.6 Å². The lowest BCUT2D eigenvalue weighted by Crippen LogP contribution is -2.55. The van der Waals surface area contributed by atoms with Gasteiger partial charge in [0.05, 0.1) is 40.0 Å². The van der Waals surface area contributed by atoms with E-state index in [0.717, 1.165) is 29.7 Å². The van der Waals surface area contributed by atoms with Crippen molar-refractivity contribution in [3.63, 3.8) is 0 Å². The number of piperazine rings is 1. The lowest BCUT2D eigenvalue weighted by atomic mass is 9.95. The molecule has 3 aromatic rings. The Morgan fingerprint density at radius 1 is 1.22 bits per heavy atom. The van der Waals surface area contributed by atoms with Crippen LogP contribution in [0.2, 0.25) is 5.02 Å². The quantitative estimate of drug-likeness (QED) is 0.343. The predicted molar refractivity (Wildman–Crippen MR) is 152 cm³/mol. The fraction of sp³-hybridized carbons (Fsp3) is 0.483. The third kappa shape index (κ3) is 5.65. The number of pyridine rings is 1. The van der Waals surface area contributed by atoms with Crippen LogP contribution in [0.1, 0.15) is 31.2 Å². The molecular weight excluding hydrogens is 625 g/mol. The van der Waals surface area contributed by atoms with Crippen molar-refractivity contribution in [1.29, 1.82) is 5.26 Å². The molecule has 3 fully saturated rings. The maximum atomic E-state index is 16.3. The first-order valence-electron chi connectivity index (χ1n) is 14.3. The highest BCUT2D eigenvalue weighted by Gasteiger charge is 2.49. The highest BCUT2D eigenvalue weighted by molar-refractivity contribution is 6.31. The first-order valence-corrected chi connectivity index (χ1v) is 14.7. The van der Waals surface area contributed by atoms with E-state index < -0.39 is 57.7 Å². The first kappa shape index (κ1) is 31.0. The zero-order chi connectivity index (χ0) is 32.1. The van der Waals surface area contributed by atoms with Crippen LogP contribution < -0.4 is 9.64 Å². The van der Waals surface area contributed by atoms with Gasteiger partial charge in [0.15, 0.2) is 5.82 Å². The molecule has 3 aliphatic heterocycles. The molecular formula is C29H27ClF5N7O3. The molecule has 16 heteroatoms. The highest BCUT2D eigenvalue weighted by atomic mass is 35.5. The molecule has 1 aromatic carbocycles. The molecule has 238 valence electrons. The van der Waals surface area contributed by atoms with Gasteiger partial charge in [0.2, 0.25) is 0 Å². The summed E-state index contributed by atoms with van der Waals surface area (Å²) < 4.78 is 78.7. The van der Waals surface area contributed by atoms with Crippen LogP contribution in [0.15, 0.2) is 24.4 Å². The molecule has 0 unspecified atom stereocenters. The summed E-state index contributed by atoms with van der Waals surface area (Å²) in [6, 6.07) is 4.32. The van der Waals surface area contributed by atoms with Crippen molar-refractivity contribution in [1.82, 2.24) is 24.8 Å². The van der Waals surface area contributed by atoms with E-state index in [1.54, 1.807) is 4.90 Å². The number of ether oxygens (including phenoxy) is 1. The Labute approximate surface area is 259 Å². The number of carbonyl (C=O) groups is 1. The topological polar surface area (TPSA) is 119 Å². The number of hydrogen-bond acceptors (Lipinski definition) is 8. The smallest absolute Gasteiger partial charge is 0.418 e. The van der Waals surface area contributed by atoms with Crippen LogP contribution in [0.4, 0.5) is 32.6 Å². The molecule has 0 spiro atoms. The second-order valence-electron chi connectivity index (χ2n) is 11.5. The Morgan fingerprint density at radius 3 is 2.76 bits per heavy atom. The first-order chi connectivity index (χ1) is 21.4. The van der Waals surface area contributed by atoms with E-state index in [1.165, 1.54) is 6.07 Å². The monoisotopic (exact) mass is 651 g/mol. The van der Waals surface area contributed by atoms with Crippen LogP contribution >= 0.6 is 11.6 Å². The molecule has 3 atom stereocenters. The lowest BCUT2D eigenvalue weighted by molar-refractivity contribution is -0.137. The molecule has 3 aliphatic rings. The van der Waals surface area contributed by atoms with Crippen molar-refractivity contribution in [3.8, 4) is 23.3 Å².